The summed E-state index contributed by atoms with van der Waals surface area (Å²) in [6.07, 6.45) is -3.10. The van der Waals surface area contributed by atoms with Gasteiger partial charge in [0.1, 0.15) is 11.7 Å². The standard InChI is InChI=1S/C26H23Cl2F3N4O2/c1-14-23(25(36)34-11-3-4-20(34)15-5-8-17(37-2)9-6-15)24(16-7-10-18(27)19(28)12-16)35-22(32-14)13-21(33-35)26(29,30)31/h5-10,12-13,20,23-24H,3-4,11H2,1-2H3. The van der Waals surface area contributed by atoms with Crippen LogP contribution in [0.4, 0.5) is 19.0 Å². The highest BCUT2D eigenvalue weighted by molar-refractivity contribution is 6.42. The minimum Gasteiger partial charge on any atom is -0.497 e. The Hall–Kier alpha value is -3.04. The number of hydrogen-bond donors (Lipinski definition) is 0. The van der Waals surface area contributed by atoms with Gasteiger partial charge >= 0.3 is 6.18 Å². The van der Waals surface area contributed by atoms with Crippen molar-refractivity contribution in [2.24, 2.45) is 10.9 Å². The Balaban J connectivity index is 1.58. The molecule has 0 aliphatic carbocycles. The first-order chi connectivity index (χ1) is 17.6. The van der Waals surface area contributed by atoms with Crippen molar-refractivity contribution in [2.75, 3.05) is 13.7 Å². The number of nitrogens with zero attached hydrogens (tertiary/aromatic N) is 4. The Labute approximate surface area is 221 Å². The summed E-state index contributed by atoms with van der Waals surface area (Å²) in [5.74, 6) is -0.380. The van der Waals surface area contributed by atoms with Gasteiger partial charge in [-0.05, 0) is 55.2 Å². The lowest BCUT2D eigenvalue weighted by Gasteiger charge is -2.36. The summed E-state index contributed by atoms with van der Waals surface area (Å²) in [5, 5.41) is 4.37. The molecule has 0 saturated carbocycles. The number of hydrogen-bond acceptors (Lipinski definition) is 4. The highest BCUT2D eigenvalue weighted by atomic mass is 35.5. The number of carbonyl (C=O) groups excluding carboxylic acids is 1. The average molecular weight is 551 g/mol. The molecule has 0 N–H and O–H groups in total. The van der Waals surface area contributed by atoms with Crippen LogP contribution in [0.15, 0.2) is 53.5 Å². The van der Waals surface area contributed by atoms with Gasteiger partial charge in [-0.1, -0.05) is 41.4 Å². The predicted octanol–water partition coefficient (Wildman–Crippen LogP) is 6.89. The summed E-state index contributed by atoms with van der Waals surface area (Å²) in [6.45, 7) is 2.18. The number of alkyl halides is 3. The van der Waals surface area contributed by atoms with E-state index in [1.165, 1.54) is 4.68 Å². The molecule has 6 nitrogen and oxygen atoms in total. The number of carbonyl (C=O) groups is 1. The van der Waals surface area contributed by atoms with E-state index in [0.29, 0.717) is 28.6 Å². The van der Waals surface area contributed by atoms with Crippen LogP contribution in [0.3, 0.4) is 0 Å². The van der Waals surface area contributed by atoms with Crippen molar-refractivity contribution < 1.29 is 22.7 Å². The van der Waals surface area contributed by atoms with E-state index in [0.717, 1.165) is 24.5 Å². The maximum absolute atomic E-state index is 14.2. The van der Waals surface area contributed by atoms with Gasteiger partial charge in [-0.3, -0.25) is 4.79 Å². The van der Waals surface area contributed by atoms with E-state index in [9.17, 15) is 18.0 Å². The minimum absolute atomic E-state index is 0.0260. The summed E-state index contributed by atoms with van der Waals surface area (Å²) >= 11 is 12.4. The molecule has 1 fully saturated rings. The smallest absolute Gasteiger partial charge is 0.435 e. The zero-order chi connectivity index (χ0) is 26.5. The van der Waals surface area contributed by atoms with Crippen molar-refractivity contribution in [3.05, 3.63) is 75.4 Å². The van der Waals surface area contributed by atoms with Crippen LogP contribution in [0, 0.1) is 5.92 Å². The lowest BCUT2D eigenvalue weighted by molar-refractivity contribution is -0.141. The molecule has 3 heterocycles. The predicted molar refractivity (Wildman–Crippen MR) is 135 cm³/mol. The Morgan fingerprint density at radius 2 is 1.76 bits per heavy atom. The van der Waals surface area contributed by atoms with E-state index in [-0.39, 0.29) is 22.8 Å². The molecule has 0 radical (unpaired) electrons. The molecular weight excluding hydrogens is 528 g/mol. The van der Waals surface area contributed by atoms with Gasteiger partial charge in [-0.15, -0.1) is 0 Å². The van der Waals surface area contributed by atoms with Crippen molar-refractivity contribution in [3.8, 4) is 5.75 Å². The van der Waals surface area contributed by atoms with Gasteiger partial charge in [0.25, 0.3) is 0 Å². The number of fused-ring (bicyclic) bond motifs is 1. The zero-order valence-electron chi connectivity index (χ0n) is 20.0. The Kier molecular flexibility index (Phi) is 6.70. The van der Waals surface area contributed by atoms with E-state index in [1.54, 1.807) is 37.1 Å². The SMILES string of the molecule is COc1ccc(C2CCCN2C(=O)C2C(C)=Nc3cc(C(F)(F)F)nn3C2c2ccc(Cl)c(Cl)c2)cc1. The van der Waals surface area contributed by atoms with Gasteiger partial charge in [0.15, 0.2) is 11.5 Å². The first-order valence-electron chi connectivity index (χ1n) is 11.7. The van der Waals surface area contributed by atoms with Crippen LogP contribution >= 0.6 is 23.2 Å². The molecule has 5 rings (SSSR count). The number of halogens is 5. The van der Waals surface area contributed by atoms with Crippen LogP contribution < -0.4 is 4.74 Å². The third kappa shape index (κ3) is 4.70. The molecule has 3 atom stereocenters. The number of likely N-dealkylation sites (tertiary alicyclic amines) is 1. The largest absolute Gasteiger partial charge is 0.497 e. The summed E-state index contributed by atoms with van der Waals surface area (Å²) in [4.78, 5) is 20.3. The van der Waals surface area contributed by atoms with E-state index in [2.05, 4.69) is 10.1 Å². The summed E-state index contributed by atoms with van der Waals surface area (Å²) in [7, 11) is 1.59. The van der Waals surface area contributed by atoms with Gasteiger partial charge in [0.2, 0.25) is 5.91 Å². The monoisotopic (exact) mass is 550 g/mol. The molecule has 1 saturated heterocycles. The van der Waals surface area contributed by atoms with Gasteiger partial charge in [-0.25, -0.2) is 9.67 Å². The fraction of sp³-hybridized carbons (Fsp3) is 0.346. The Bertz CT molecular complexity index is 1370. The molecule has 2 aromatic carbocycles. The first-order valence-corrected chi connectivity index (χ1v) is 12.5. The van der Waals surface area contributed by atoms with Crippen LogP contribution in [-0.2, 0) is 11.0 Å². The van der Waals surface area contributed by atoms with Crippen molar-refractivity contribution in [1.29, 1.82) is 0 Å². The third-order valence-corrected chi connectivity index (χ3v) is 7.65. The van der Waals surface area contributed by atoms with Gasteiger partial charge < -0.3 is 9.64 Å². The molecule has 0 bridgehead atoms. The molecule has 3 unspecified atom stereocenters. The van der Waals surface area contributed by atoms with Crippen LogP contribution in [0.2, 0.25) is 10.0 Å². The van der Waals surface area contributed by atoms with E-state index in [4.69, 9.17) is 27.9 Å². The van der Waals surface area contributed by atoms with E-state index >= 15 is 0 Å². The van der Waals surface area contributed by atoms with Crippen LogP contribution in [0.1, 0.15) is 48.7 Å². The molecule has 2 aliphatic rings. The number of aliphatic imine (C=N–C) groups is 1. The molecule has 3 aromatic rings. The fourth-order valence-corrected chi connectivity index (χ4v) is 5.46. The molecule has 0 spiro atoms. The van der Waals surface area contributed by atoms with Crippen molar-refractivity contribution in [1.82, 2.24) is 14.7 Å². The summed E-state index contributed by atoms with van der Waals surface area (Å²) in [5.41, 5.74) is 0.805. The maximum Gasteiger partial charge on any atom is 0.435 e. The lowest BCUT2D eigenvalue weighted by Crippen LogP contribution is -2.44. The summed E-state index contributed by atoms with van der Waals surface area (Å²) < 4.78 is 47.1. The van der Waals surface area contributed by atoms with Crippen LogP contribution in [0.25, 0.3) is 0 Å². The van der Waals surface area contributed by atoms with E-state index in [1.807, 2.05) is 24.3 Å². The molecule has 1 amide bonds. The number of benzene rings is 2. The van der Waals surface area contributed by atoms with Crippen molar-refractivity contribution in [3.63, 3.8) is 0 Å². The van der Waals surface area contributed by atoms with Crippen LogP contribution in [-0.4, -0.2) is 40.0 Å². The van der Waals surface area contributed by atoms with Gasteiger partial charge in [0.05, 0.1) is 29.2 Å². The first kappa shape index (κ1) is 25.6. The van der Waals surface area contributed by atoms with Crippen molar-refractivity contribution in [2.45, 2.75) is 38.0 Å². The number of aromatic nitrogens is 2. The second-order valence-electron chi connectivity index (χ2n) is 9.14. The molecule has 11 heteroatoms. The Morgan fingerprint density at radius 1 is 1.05 bits per heavy atom. The fourth-order valence-electron chi connectivity index (χ4n) is 5.16. The zero-order valence-corrected chi connectivity index (χ0v) is 21.5. The number of methoxy groups -OCH3 is 1. The van der Waals surface area contributed by atoms with Crippen LogP contribution in [0.5, 0.6) is 5.75 Å². The second kappa shape index (κ2) is 9.68. The third-order valence-electron chi connectivity index (χ3n) is 6.91. The number of rotatable bonds is 4. The minimum atomic E-state index is -4.66. The molecule has 2 aliphatic heterocycles. The maximum atomic E-state index is 14.2. The molecule has 37 heavy (non-hydrogen) atoms. The van der Waals surface area contributed by atoms with Gasteiger partial charge in [-0.2, -0.15) is 18.3 Å². The topological polar surface area (TPSA) is 59.7 Å². The van der Waals surface area contributed by atoms with Crippen molar-refractivity contribution >= 4 is 40.6 Å². The molecule has 1 aromatic heterocycles. The highest BCUT2D eigenvalue weighted by Gasteiger charge is 2.45. The second-order valence-corrected chi connectivity index (χ2v) is 9.96. The molecular formula is C26H23Cl2F3N4O2. The number of amides is 1. The highest BCUT2D eigenvalue weighted by Crippen LogP contribution is 2.43. The number of ether oxygens (including phenoxy) is 1. The quantitative estimate of drug-likeness (QED) is 0.355. The Morgan fingerprint density at radius 3 is 2.41 bits per heavy atom. The molecule has 194 valence electrons. The van der Waals surface area contributed by atoms with Gasteiger partial charge in [0, 0.05) is 18.3 Å². The average Bonchev–Trinajstić information content (AvgIpc) is 3.52. The normalized spacial score (nSPS) is 21.5. The summed E-state index contributed by atoms with van der Waals surface area (Å²) in [6, 6.07) is 12.2. The van der Waals surface area contributed by atoms with E-state index < -0.39 is 23.8 Å². The lowest BCUT2D eigenvalue weighted by atomic mass is 9.86.